The molecule has 0 bridgehead atoms. The topological polar surface area (TPSA) is 20.2 Å². The lowest BCUT2D eigenvalue weighted by atomic mass is 9.99. The summed E-state index contributed by atoms with van der Waals surface area (Å²) in [6, 6.07) is 6.70. The van der Waals surface area contributed by atoms with Gasteiger partial charge in [-0.2, -0.15) is 0 Å². The molecule has 5 heteroatoms. The van der Waals surface area contributed by atoms with Gasteiger partial charge < -0.3 is 5.11 Å². The molecule has 0 amide bonds. The highest BCUT2D eigenvalue weighted by Gasteiger charge is 2.23. The maximum Gasteiger partial charge on any atom is 0.165 e. The molecule has 1 nitrogen and oxygen atoms in total. The van der Waals surface area contributed by atoms with Gasteiger partial charge in [-0.3, -0.25) is 0 Å². The highest BCUT2D eigenvalue weighted by Crippen LogP contribution is 2.33. The third-order valence-electron chi connectivity index (χ3n) is 2.87. The van der Waals surface area contributed by atoms with Crippen molar-refractivity contribution in [1.29, 1.82) is 0 Å². The van der Waals surface area contributed by atoms with Gasteiger partial charge in [0.25, 0.3) is 0 Å². The molecule has 0 aliphatic carbocycles. The fourth-order valence-electron chi connectivity index (χ4n) is 1.80. The summed E-state index contributed by atoms with van der Waals surface area (Å²) in [6.07, 6.45) is -1.58. The average Bonchev–Trinajstić information content (AvgIpc) is 2.35. The van der Waals surface area contributed by atoms with Gasteiger partial charge >= 0.3 is 0 Å². The van der Waals surface area contributed by atoms with E-state index in [0.29, 0.717) is 4.47 Å². The Morgan fingerprint density at radius 2 is 1.74 bits per heavy atom. The first-order valence-corrected chi connectivity index (χ1v) is 6.29. The van der Waals surface area contributed by atoms with Gasteiger partial charge in [0.15, 0.2) is 11.6 Å². The van der Waals surface area contributed by atoms with Gasteiger partial charge in [-0.15, -0.1) is 0 Å². The SMILES string of the molecule is Cc1ccc(C(O)c2c(F)cccc2Br)c(F)c1F. The lowest BCUT2D eigenvalue weighted by Crippen LogP contribution is -2.08. The van der Waals surface area contributed by atoms with Crippen molar-refractivity contribution in [2.75, 3.05) is 0 Å². The molecule has 0 aliphatic heterocycles. The normalized spacial score (nSPS) is 12.5. The van der Waals surface area contributed by atoms with E-state index in [4.69, 9.17) is 0 Å². The summed E-state index contributed by atoms with van der Waals surface area (Å²) < 4.78 is 41.2. The van der Waals surface area contributed by atoms with Crippen LogP contribution in [-0.4, -0.2) is 5.11 Å². The maximum atomic E-state index is 13.8. The summed E-state index contributed by atoms with van der Waals surface area (Å²) in [5, 5.41) is 10.1. The summed E-state index contributed by atoms with van der Waals surface area (Å²) in [6.45, 7) is 1.41. The molecule has 0 aliphatic rings. The number of halogens is 4. The first-order chi connectivity index (χ1) is 8.93. The van der Waals surface area contributed by atoms with Crippen molar-refractivity contribution in [2.45, 2.75) is 13.0 Å². The van der Waals surface area contributed by atoms with Crippen LogP contribution in [0.2, 0.25) is 0 Å². The van der Waals surface area contributed by atoms with Crippen LogP contribution in [0.3, 0.4) is 0 Å². The van der Waals surface area contributed by atoms with Crippen molar-refractivity contribution in [3.63, 3.8) is 0 Å². The van der Waals surface area contributed by atoms with Gasteiger partial charge in [-0.05, 0) is 24.6 Å². The van der Waals surface area contributed by atoms with Crippen LogP contribution in [0, 0.1) is 24.4 Å². The zero-order valence-corrected chi connectivity index (χ0v) is 11.5. The molecule has 0 radical (unpaired) electrons. The van der Waals surface area contributed by atoms with Gasteiger partial charge in [-0.1, -0.05) is 34.1 Å². The van der Waals surface area contributed by atoms with E-state index in [9.17, 15) is 18.3 Å². The second-order valence-corrected chi connectivity index (χ2v) is 4.99. The summed E-state index contributed by atoms with van der Waals surface area (Å²) in [4.78, 5) is 0. The van der Waals surface area contributed by atoms with E-state index in [2.05, 4.69) is 15.9 Å². The molecule has 100 valence electrons. The molecule has 2 rings (SSSR count). The van der Waals surface area contributed by atoms with Crippen molar-refractivity contribution in [3.8, 4) is 0 Å². The Balaban J connectivity index is 2.57. The quantitative estimate of drug-likeness (QED) is 0.872. The Kier molecular flexibility index (Phi) is 3.96. The van der Waals surface area contributed by atoms with Crippen LogP contribution in [0.5, 0.6) is 0 Å². The second-order valence-electron chi connectivity index (χ2n) is 4.14. The van der Waals surface area contributed by atoms with E-state index in [1.165, 1.54) is 31.2 Å². The zero-order valence-electron chi connectivity index (χ0n) is 9.92. The molecule has 1 N–H and O–H groups in total. The predicted octanol–water partition coefficient (Wildman–Crippen LogP) is 4.26. The second kappa shape index (κ2) is 5.35. The van der Waals surface area contributed by atoms with Gasteiger partial charge in [0.2, 0.25) is 0 Å². The van der Waals surface area contributed by atoms with Crippen molar-refractivity contribution < 1.29 is 18.3 Å². The molecule has 0 saturated heterocycles. The first-order valence-electron chi connectivity index (χ1n) is 5.50. The van der Waals surface area contributed by atoms with Crippen LogP contribution in [0.25, 0.3) is 0 Å². The molecule has 2 aromatic carbocycles. The van der Waals surface area contributed by atoms with E-state index < -0.39 is 23.6 Å². The summed E-state index contributed by atoms with van der Waals surface area (Å²) >= 11 is 3.09. The van der Waals surface area contributed by atoms with Gasteiger partial charge in [0.1, 0.15) is 11.9 Å². The Bertz CT molecular complexity index is 608. The third kappa shape index (κ3) is 2.53. The average molecular weight is 331 g/mol. The molecule has 0 spiro atoms. The van der Waals surface area contributed by atoms with E-state index in [1.54, 1.807) is 0 Å². The Morgan fingerprint density at radius 3 is 2.37 bits per heavy atom. The number of rotatable bonds is 2. The zero-order chi connectivity index (χ0) is 14.2. The molecule has 0 aromatic heterocycles. The van der Waals surface area contributed by atoms with E-state index in [1.807, 2.05) is 0 Å². The highest BCUT2D eigenvalue weighted by atomic mass is 79.9. The lowest BCUT2D eigenvalue weighted by molar-refractivity contribution is 0.207. The van der Waals surface area contributed by atoms with E-state index in [0.717, 1.165) is 6.07 Å². The molecular weight excluding hydrogens is 321 g/mol. The molecular formula is C14H10BrF3O. The molecule has 0 fully saturated rings. The standard InChI is InChI=1S/C14H10BrF3O/c1-7-5-6-8(13(18)12(7)17)14(19)11-9(15)3-2-4-10(11)16/h2-6,14,19H,1H3. The number of aliphatic hydroxyl groups is 1. The fraction of sp³-hybridized carbons (Fsp3) is 0.143. The first kappa shape index (κ1) is 14.1. The fourth-order valence-corrected chi connectivity index (χ4v) is 2.36. The number of hydrogen-bond acceptors (Lipinski definition) is 1. The van der Waals surface area contributed by atoms with Crippen LogP contribution in [-0.2, 0) is 0 Å². The number of aliphatic hydroxyl groups excluding tert-OH is 1. The minimum atomic E-state index is -1.58. The Morgan fingerprint density at radius 1 is 1.05 bits per heavy atom. The smallest absolute Gasteiger partial charge is 0.165 e. The van der Waals surface area contributed by atoms with Crippen LogP contribution in [0.1, 0.15) is 22.8 Å². The summed E-state index contributed by atoms with van der Waals surface area (Å²) in [5.41, 5.74) is -0.292. The van der Waals surface area contributed by atoms with Crippen LogP contribution in [0.4, 0.5) is 13.2 Å². The van der Waals surface area contributed by atoms with Gasteiger partial charge in [0, 0.05) is 15.6 Å². The number of benzene rings is 2. The van der Waals surface area contributed by atoms with Crippen molar-refractivity contribution in [2.24, 2.45) is 0 Å². The van der Waals surface area contributed by atoms with Crippen molar-refractivity contribution in [3.05, 3.63) is 68.9 Å². The lowest BCUT2D eigenvalue weighted by Gasteiger charge is -2.15. The van der Waals surface area contributed by atoms with Crippen molar-refractivity contribution in [1.82, 2.24) is 0 Å². The van der Waals surface area contributed by atoms with Crippen molar-refractivity contribution >= 4 is 15.9 Å². The monoisotopic (exact) mass is 330 g/mol. The Hall–Kier alpha value is -1.33. The molecule has 0 saturated carbocycles. The van der Waals surface area contributed by atoms with Gasteiger partial charge in [0.05, 0.1) is 0 Å². The molecule has 1 unspecified atom stereocenters. The third-order valence-corrected chi connectivity index (χ3v) is 3.56. The Labute approximate surface area is 116 Å². The van der Waals surface area contributed by atoms with Crippen LogP contribution in [0.15, 0.2) is 34.8 Å². The van der Waals surface area contributed by atoms with Gasteiger partial charge in [-0.25, -0.2) is 13.2 Å². The predicted molar refractivity (Wildman–Crippen MR) is 69.3 cm³/mol. The molecule has 0 heterocycles. The molecule has 1 atom stereocenters. The van der Waals surface area contributed by atoms with E-state index >= 15 is 0 Å². The van der Waals surface area contributed by atoms with E-state index in [-0.39, 0.29) is 16.7 Å². The minimum absolute atomic E-state index is 0.121. The maximum absolute atomic E-state index is 13.8. The van der Waals surface area contributed by atoms with Crippen LogP contribution >= 0.6 is 15.9 Å². The minimum Gasteiger partial charge on any atom is -0.383 e. The number of aryl methyl sites for hydroxylation is 1. The highest BCUT2D eigenvalue weighted by molar-refractivity contribution is 9.10. The molecule has 2 aromatic rings. The van der Waals surface area contributed by atoms with Crippen LogP contribution < -0.4 is 0 Å². The largest absolute Gasteiger partial charge is 0.383 e. The summed E-state index contributed by atoms with van der Waals surface area (Å²) in [5.74, 6) is -2.89. The summed E-state index contributed by atoms with van der Waals surface area (Å²) in [7, 11) is 0. The number of hydrogen-bond donors (Lipinski definition) is 1. The molecule has 19 heavy (non-hydrogen) atoms.